The fraction of sp³-hybridized carbons (Fsp3) is 0.125. The number of hydrogen-bond acceptors (Lipinski definition) is 4. The maximum absolute atomic E-state index is 5.11. The monoisotopic (exact) mass is 466 g/mol. The molecule has 0 fully saturated rings. The van der Waals surface area contributed by atoms with Crippen molar-refractivity contribution >= 4 is 21.7 Å². The topological polar surface area (TPSA) is 51.6 Å². The van der Waals surface area contributed by atoms with Gasteiger partial charge in [0.15, 0.2) is 0 Å². The van der Waals surface area contributed by atoms with Crippen LogP contribution in [-0.4, -0.2) is 19.9 Å². The minimum absolute atomic E-state index is 0.837. The number of fused-ring (bicyclic) bond motifs is 3. The second-order valence-electron chi connectivity index (χ2n) is 9.59. The quantitative estimate of drug-likeness (QED) is 0.250. The van der Waals surface area contributed by atoms with E-state index in [2.05, 4.69) is 92.3 Å². The number of benzene rings is 3. The van der Waals surface area contributed by atoms with Gasteiger partial charge in [-0.1, -0.05) is 35.9 Å². The lowest BCUT2D eigenvalue weighted by molar-refractivity contribution is 1.20. The molecule has 0 saturated carbocycles. The molecular weight excluding hydrogens is 440 g/mol. The van der Waals surface area contributed by atoms with Crippen molar-refractivity contribution in [1.82, 2.24) is 19.9 Å². The van der Waals surface area contributed by atoms with Gasteiger partial charge in [0, 0.05) is 34.5 Å². The van der Waals surface area contributed by atoms with E-state index in [0.717, 1.165) is 61.2 Å². The molecular formula is C32H26N4. The van der Waals surface area contributed by atoms with Crippen molar-refractivity contribution in [2.24, 2.45) is 0 Å². The van der Waals surface area contributed by atoms with Crippen LogP contribution in [0.3, 0.4) is 0 Å². The SMILES string of the molecule is Cc1ccnc(-c2ccc(C)c(-c3cncc(-c4cc5ncc(C)cc5c5cc(C)ccc45)n3)c2)c1. The molecule has 174 valence electrons. The van der Waals surface area contributed by atoms with E-state index in [9.17, 15) is 0 Å². The summed E-state index contributed by atoms with van der Waals surface area (Å²) >= 11 is 0. The molecule has 0 N–H and O–H groups in total. The molecule has 3 aromatic heterocycles. The zero-order valence-electron chi connectivity index (χ0n) is 20.9. The van der Waals surface area contributed by atoms with Gasteiger partial charge >= 0.3 is 0 Å². The summed E-state index contributed by atoms with van der Waals surface area (Å²) in [4.78, 5) is 19.0. The third-order valence-corrected chi connectivity index (χ3v) is 6.73. The van der Waals surface area contributed by atoms with Crippen LogP contribution in [0.2, 0.25) is 0 Å². The highest BCUT2D eigenvalue weighted by molar-refractivity contribution is 6.12. The zero-order chi connectivity index (χ0) is 24.8. The molecule has 0 bridgehead atoms. The summed E-state index contributed by atoms with van der Waals surface area (Å²) in [5.41, 5.74) is 11.5. The van der Waals surface area contributed by atoms with Crippen LogP contribution in [0.5, 0.6) is 0 Å². The lowest BCUT2D eigenvalue weighted by Crippen LogP contribution is -1.95. The number of hydrogen-bond donors (Lipinski definition) is 0. The summed E-state index contributed by atoms with van der Waals surface area (Å²) in [6, 6.07) is 21.5. The Morgan fingerprint density at radius 1 is 0.528 bits per heavy atom. The van der Waals surface area contributed by atoms with Gasteiger partial charge in [0.25, 0.3) is 0 Å². The molecule has 4 heteroatoms. The van der Waals surface area contributed by atoms with Crippen molar-refractivity contribution in [2.45, 2.75) is 27.7 Å². The van der Waals surface area contributed by atoms with Crippen LogP contribution >= 0.6 is 0 Å². The average Bonchev–Trinajstić information content (AvgIpc) is 2.88. The summed E-state index contributed by atoms with van der Waals surface area (Å²) in [7, 11) is 0. The summed E-state index contributed by atoms with van der Waals surface area (Å²) in [6.07, 6.45) is 7.46. The normalized spacial score (nSPS) is 11.3. The third kappa shape index (κ3) is 3.91. The Labute approximate surface area is 210 Å². The van der Waals surface area contributed by atoms with Crippen molar-refractivity contribution in [3.8, 4) is 33.8 Å². The van der Waals surface area contributed by atoms with Crippen LogP contribution in [0.4, 0.5) is 0 Å². The molecule has 3 aromatic carbocycles. The Hall–Kier alpha value is -4.44. The molecule has 6 rings (SSSR count). The molecule has 3 heterocycles. The molecule has 0 radical (unpaired) electrons. The van der Waals surface area contributed by atoms with E-state index in [1.54, 1.807) is 0 Å². The van der Waals surface area contributed by atoms with Crippen LogP contribution in [0.1, 0.15) is 22.3 Å². The molecule has 0 atom stereocenters. The van der Waals surface area contributed by atoms with Gasteiger partial charge in [-0.2, -0.15) is 0 Å². The van der Waals surface area contributed by atoms with E-state index in [-0.39, 0.29) is 0 Å². The fourth-order valence-electron chi connectivity index (χ4n) is 4.83. The summed E-state index contributed by atoms with van der Waals surface area (Å²) < 4.78 is 0. The van der Waals surface area contributed by atoms with Gasteiger partial charge in [0.1, 0.15) is 0 Å². The molecule has 0 aliphatic carbocycles. The summed E-state index contributed by atoms with van der Waals surface area (Å²) in [6.45, 7) is 8.40. The number of aryl methyl sites for hydroxylation is 4. The van der Waals surface area contributed by atoms with Gasteiger partial charge in [0.2, 0.25) is 0 Å². The molecule has 0 aliphatic rings. The van der Waals surface area contributed by atoms with Crippen LogP contribution in [0, 0.1) is 27.7 Å². The molecule has 0 amide bonds. The second-order valence-corrected chi connectivity index (χ2v) is 9.59. The lowest BCUT2D eigenvalue weighted by Gasteiger charge is -2.13. The van der Waals surface area contributed by atoms with Gasteiger partial charge in [-0.25, -0.2) is 4.98 Å². The molecule has 36 heavy (non-hydrogen) atoms. The van der Waals surface area contributed by atoms with Crippen molar-refractivity contribution in [2.75, 3.05) is 0 Å². The molecule has 0 spiro atoms. The summed E-state index contributed by atoms with van der Waals surface area (Å²) in [5.74, 6) is 0. The van der Waals surface area contributed by atoms with Gasteiger partial charge < -0.3 is 0 Å². The van der Waals surface area contributed by atoms with Crippen molar-refractivity contribution in [3.05, 3.63) is 108 Å². The van der Waals surface area contributed by atoms with Gasteiger partial charge in [0.05, 0.1) is 35.0 Å². The first-order chi connectivity index (χ1) is 17.5. The Morgan fingerprint density at radius 3 is 2.14 bits per heavy atom. The molecule has 0 saturated heterocycles. The van der Waals surface area contributed by atoms with Crippen molar-refractivity contribution in [3.63, 3.8) is 0 Å². The standard InChI is InChI=1S/C32H26N4/c1-19-5-8-24-26(11-19)27-12-21(3)16-35-30(27)15-28(24)32-18-33-17-31(36-32)25-14-23(7-6-22(25)4)29-13-20(2)9-10-34-29/h5-18H,1-4H3. The van der Waals surface area contributed by atoms with Crippen LogP contribution in [-0.2, 0) is 0 Å². The van der Waals surface area contributed by atoms with E-state index in [1.807, 2.05) is 30.9 Å². The first-order valence-corrected chi connectivity index (χ1v) is 12.1. The highest BCUT2D eigenvalue weighted by atomic mass is 14.8. The highest BCUT2D eigenvalue weighted by Crippen LogP contribution is 2.35. The van der Waals surface area contributed by atoms with Crippen LogP contribution in [0.25, 0.3) is 55.4 Å². The van der Waals surface area contributed by atoms with E-state index < -0.39 is 0 Å². The van der Waals surface area contributed by atoms with Crippen molar-refractivity contribution < 1.29 is 0 Å². The van der Waals surface area contributed by atoms with Gasteiger partial charge in [-0.3, -0.25) is 15.0 Å². The van der Waals surface area contributed by atoms with E-state index in [0.29, 0.717) is 0 Å². The van der Waals surface area contributed by atoms with Crippen LogP contribution < -0.4 is 0 Å². The van der Waals surface area contributed by atoms with E-state index in [4.69, 9.17) is 9.97 Å². The maximum atomic E-state index is 5.11. The van der Waals surface area contributed by atoms with E-state index in [1.165, 1.54) is 16.5 Å². The van der Waals surface area contributed by atoms with Crippen LogP contribution in [0.15, 0.2) is 85.5 Å². The molecule has 0 unspecified atom stereocenters. The van der Waals surface area contributed by atoms with Gasteiger partial charge in [-0.15, -0.1) is 0 Å². The largest absolute Gasteiger partial charge is 0.260 e. The van der Waals surface area contributed by atoms with E-state index >= 15 is 0 Å². The molecule has 0 aliphatic heterocycles. The first kappa shape index (κ1) is 22.1. The first-order valence-electron chi connectivity index (χ1n) is 12.1. The van der Waals surface area contributed by atoms with Crippen molar-refractivity contribution in [1.29, 1.82) is 0 Å². The fourth-order valence-corrected chi connectivity index (χ4v) is 4.83. The minimum Gasteiger partial charge on any atom is -0.260 e. The summed E-state index contributed by atoms with van der Waals surface area (Å²) in [5, 5.41) is 3.51. The predicted molar refractivity (Wildman–Crippen MR) is 148 cm³/mol. The smallest absolute Gasteiger partial charge is 0.0899 e. The third-order valence-electron chi connectivity index (χ3n) is 6.73. The second kappa shape index (κ2) is 8.65. The Morgan fingerprint density at radius 2 is 1.31 bits per heavy atom. The maximum Gasteiger partial charge on any atom is 0.0899 e. The number of nitrogens with zero attached hydrogens (tertiary/aromatic N) is 4. The lowest BCUT2D eigenvalue weighted by atomic mass is 9.95. The Bertz CT molecular complexity index is 1790. The average molecular weight is 467 g/mol. The Kier molecular flexibility index (Phi) is 5.30. The Balaban J connectivity index is 1.54. The minimum atomic E-state index is 0.837. The predicted octanol–water partition coefficient (Wildman–Crippen LogP) is 7.81. The number of aromatic nitrogens is 4. The number of rotatable bonds is 3. The molecule has 4 nitrogen and oxygen atoms in total. The number of pyridine rings is 2. The highest BCUT2D eigenvalue weighted by Gasteiger charge is 2.14. The van der Waals surface area contributed by atoms with Gasteiger partial charge in [-0.05, 0) is 85.5 Å². The molecule has 6 aromatic rings. The zero-order valence-corrected chi connectivity index (χ0v) is 20.9.